The molecular formula is C18H26ClN5OS. The van der Waals surface area contributed by atoms with Crippen LogP contribution in [0.2, 0.25) is 5.15 Å². The minimum Gasteiger partial charge on any atom is -0.375 e. The number of hydrogen-bond acceptors (Lipinski definition) is 5. The Bertz CT molecular complexity index is 704. The van der Waals surface area contributed by atoms with E-state index in [1.165, 1.54) is 0 Å². The Hall–Kier alpha value is -1.70. The number of ether oxygens (including phenoxy) is 1. The summed E-state index contributed by atoms with van der Waals surface area (Å²) < 4.78 is 5.33. The van der Waals surface area contributed by atoms with Gasteiger partial charge in [-0.3, -0.25) is 4.99 Å². The SMILES string of the molecule is CCNC(=NCCc1ccc(Cl)nc1)N(C)Cc1csc(C(C)OC)n1. The van der Waals surface area contributed by atoms with E-state index in [-0.39, 0.29) is 6.10 Å². The van der Waals surface area contributed by atoms with Gasteiger partial charge in [0, 0.05) is 38.8 Å². The summed E-state index contributed by atoms with van der Waals surface area (Å²) in [6.07, 6.45) is 2.63. The van der Waals surface area contributed by atoms with Gasteiger partial charge < -0.3 is 15.0 Å². The number of guanidine groups is 1. The highest BCUT2D eigenvalue weighted by molar-refractivity contribution is 7.09. The molecule has 0 radical (unpaired) electrons. The Morgan fingerprint density at radius 1 is 1.46 bits per heavy atom. The molecule has 26 heavy (non-hydrogen) atoms. The molecule has 2 rings (SSSR count). The van der Waals surface area contributed by atoms with Crippen LogP contribution in [0, 0.1) is 0 Å². The van der Waals surface area contributed by atoms with Crippen LogP contribution in [0.5, 0.6) is 0 Å². The number of aliphatic imine (C=N–C) groups is 1. The number of pyridine rings is 1. The van der Waals surface area contributed by atoms with Crippen molar-refractivity contribution in [3.05, 3.63) is 45.1 Å². The van der Waals surface area contributed by atoms with E-state index in [9.17, 15) is 0 Å². The van der Waals surface area contributed by atoms with Gasteiger partial charge in [0.15, 0.2) is 5.96 Å². The standard InChI is InChI=1S/C18H26ClN5OS/c1-5-20-18(21-9-8-14-6-7-16(19)22-10-14)24(3)11-15-12-26-17(23-15)13(2)25-4/h6-7,10,12-13H,5,8-9,11H2,1-4H3,(H,20,21). The smallest absolute Gasteiger partial charge is 0.194 e. The Morgan fingerprint density at radius 3 is 2.92 bits per heavy atom. The molecule has 1 N–H and O–H groups in total. The van der Waals surface area contributed by atoms with Crippen molar-refractivity contribution in [1.29, 1.82) is 0 Å². The third-order valence-corrected chi connectivity index (χ3v) is 5.10. The van der Waals surface area contributed by atoms with Gasteiger partial charge in [-0.1, -0.05) is 17.7 Å². The lowest BCUT2D eigenvalue weighted by Crippen LogP contribution is -2.38. The molecule has 0 saturated heterocycles. The molecule has 8 heteroatoms. The number of methoxy groups -OCH3 is 1. The summed E-state index contributed by atoms with van der Waals surface area (Å²) in [5.74, 6) is 0.865. The molecule has 2 aromatic rings. The van der Waals surface area contributed by atoms with Gasteiger partial charge in [0.2, 0.25) is 0 Å². The molecule has 0 aliphatic rings. The van der Waals surface area contributed by atoms with Crippen LogP contribution in [0.4, 0.5) is 0 Å². The van der Waals surface area contributed by atoms with Crippen molar-refractivity contribution >= 4 is 28.9 Å². The quantitative estimate of drug-likeness (QED) is 0.420. The molecule has 2 heterocycles. The van der Waals surface area contributed by atoms with E-state index < -0.39 is 0 Å². The number of hydrogen-bond donors (Lipinski definition) is 1. The number of rotatable bonds is 8. The zero-order chi connectivity index (χ0) is 18.9. The van der Waals surface area contributed by atoms with Crippen LogP contribution < -0.4 is 5.32 Å². The number of nitrogens with zero attached hydrogens (tertiary/aromatic N) is 4. The molecule has 0 aliphatic heterocycles. The third-order valence-electron chi connectivity index (χ3n) is 3.82. The fourth-order valence-corrected chi connectivity index (χ4v) is 3.27. The Kier molecular flexibility index (Phi) is 8.28. The molecule has 0 fully saturated rings. The molecule has 6 nitrogen and oxygen atoms in total. The molecule has 1 atom stereocenters. The van der Waals surface area contributed by atoms with Gasteiger partial charge in [-0.25, -0.2) is 9.97 Å². The fourth-order valence-electron chi connectivity index (χ4n) is 2.32. The second-order valence-corrected chi connectivity index (χ2v) is 7.16. The Morgan fingerprint density at radius 2 is 2.27 bits per heavy atom. The normalized spacial score (nSPS) is 12.9. The van der Waals surface area contributed by atoms with Crippen molar-refractivity contribution in [3.63, 3.8) is 0 Å². The van der Waals surface area contributed by atoms with E-state index in [1.807, 2.05) is 20.0 Å². The zero-order valence-electron chi connectivity index (χ0n) is 15.7. The molecule has 0 aliphatic carbocycles. The highest BCUT2D eigenvalue weighted by Crippen LogP contribution is 2.20. The van der Waals surface area contributed by atoms with E-state index in [2.05, 4.69) is 32.5 Å². The lowest BCUT2D eigenvalue weighted by atomic mass is 10.2. The molecule has 0 saturated carbocycles. The van der Waals surface area contributed by atoms with Gasteiger partial charge in [-0.15, -0.1) is 11.3 Å². The van der Waals surface area contributed by atoms with Crippen molar-refractivity contribution in [2.75, 3.05) is 27.2 Å². The first-order chi connectivity index (χ1) is 12.5. The highest BCUT2D eigenvalue weighted by atomic mass is 35.5. The molecule has 0 spiro atoms. The summed E-state index contributed by atoms with van der Waals surface area (Å²) in [6, 6.07) is 3.79. The molecule has 2 aromatic heterocycles. The van der Waals surface area contributed by atoms with E-state index in [1.54, 1.807) is 30.7 Å². The first-order valence-electron chi connectivity index (χ1n) is 8.60. The molecule has 142 valence electrons. The first kappa shape index (κ1) is 20.6. The summed E-state index contributed by atoms with van der Waals surface area (Å²) in [4.78, 5) is 15.5. The monoisotopic (exact) mass is 395 g/mol. The van der Waals surface area contributed by atoms with Crippen molar-refractivity contribution < 1.29 is 4.74 Å². The molecule has 1 unspecified atom stereocenters. The molecule has 0 amide bonds. The van der Waals surface area contributed by atoms with Crippen molar-refractivity contribution in [2.45, 2.75) is 32.9 Å². The van der Waals surface area contributed by atoms with Crippen LogP contribution in [0.25, 0.3) is 0 Å². The van der Waals surface area contributed by atoms with E-state index in [0.717, 1.165) is 35.2 Å². The topological polar surface area (TPSA) is 62.6 Å². The van der Waals surface area contributed by atoms with Crippen LogP contribution in [-0.4, -0.2) is 48.1 Å². The summed E-state index contributed by atoms with van der Waals surface area (Å²) in [5, 5.41) is 6.91. The van der Waals surface area contributed by atoms with Gasteiger partial charge in [-0.2, -0.15) is 0 Å². The predicted molar refractivity (Wildman–Crippen MR) is 108 cm³/mol. The largest absolute Gasteiger partial charge is 0.375 e. The lowest BCUT2D eigenvalue weighted by Gasteiger charge is -2.21. The number of halogens is 1. The number of nitrogens with one attached hydrogen (secondary N) is 1. The summed E-state index contributed by atoms with van der Waals surface area (Å²) >= 11 is 7.44. The van der Waals surface area contributed by atoms with Crippen LogP contribution in [0.3, 0.4) is 0 Å². The number of thiazole rings is 1. The zero-order valence-corrected chi connectivity index (χ0v) is 17.3. The fraction of sp³-hybridized carbons (Fsp3) is 0.500. The summed E-state index contributed by atoms with van der Waals surface area (Å²) in [6.45, 7) is 6.26. The van der Waals surface area contributed by atoms with E-state index >= 15 is 0 Å². The minimum atomic E-state index is 0.0222. The van der Waals surface area contributed by atoms with Gasteiger partial charge >= 0.3 is 0 Å². The van der Waals surface area contributed by atoms with Crippen LogP contribution in [0.1, 0.15) is 36.2 Å². The maximum Gasteiger partial charge on any atom is 0.194 e. The predicted octanol–water partition coefficient (Wildman–Crippen LogP) is 3.54. The van der Waals surface area contributed by atoms with Crippen molar-refractivity contribution in [3.8, 4) is 0 Å². The van der Waals surface area contributed by atoms with Crippen molar-refractivity contribution in [2.24, 2.45) is 4.99 Å². The second kappa shape index (κ2) is 10.4. The van der Waals surface area contributed by atoms with Gasteiger partial charge in [0.05, 0.1) is 12.2 Å². The van der Waals surface area contributed by atoms with Crippen LogP contribution in [0.15, 0.2) is 28.7 Å². The van der Waals surface area contributed by atoms with Gasteiger partial charge in [0.25, 0.3) is 0 Å². The van der Waals surface area contributed by atoms with Crippen LogP contribution >= 0.6 is 22.9 Å². The maximum absolute atomic E-state index is 5.82. The minimum absolute atomic E-state index is 0.0222. The second-order valence-electron chi connectivity index (χ2n) is 5.89. The first-order valence-corrected chi connectivity index (χ1v) is 9.86. The molecular weight excluding hydrogens is 370 g/mol. The van der Waals surface area contributed by atoms with Gasteiger partial charge in [-0.05, 0) is 31.9 Å². The van der Waals surface area contributed by atoms with Gasteiger partial charge in [0.1, 0.15) is 16.3 Å². The summed E-state index contributed by atoms with van der Waals surface area (Å²) in [5.41, 5.74) is 2.14. The maximum atomic E-state index is 5.82. The van der Waals surface area contributed by atoms with Crippen LogP contribution in [-0.2, 0) is 17.7 Å². The Labute approximate surface area is 164 Å². The molecule has 0 bridgehead atoms. The van der Waals surface area contributed by atoms with Crippen molar-refractivity contribution in [1.82, 2.24) is 20.2 Å². The number of aromatic nitrogens is 2. The lowest BCUT2D eigenvalue weighted by molar-refractivity contribution is 0.119. The van der Waals surface area contributed by atoms with E-state index in [4.69, 9.17) is 21.3 Å². The van der Waals surface area contributed by atoms with E-state index in [0.29, 0.717) is 18.2 Å². The highest BCUT2D eigenvalue weighted by Gasteiger charge is 2.12. The molecule has 0 aromatic carbocycles. The third kappa shape index (κ3) is 6.23. The summed E-state index contributed by atoms with van der Waals surface area (Å²) in [7, 11) is 3.72. The Balaban J connectivity index is 1.95. The average molecular weight is 396 g/mol. The average Bonchev–Trinajstić information content (AvgIpc) is 3.10.